The van der Waals surface area contributed by atoms with Gasteiger partial charge in [-0.2, -0.15) is 0 Å². The Morgan fingerprint density at radius 1 is 1.35 bits per heavy atom. The summed E-state index contributed by atoms with van der Waals surface area (Å²) in [5.41, 5.74) is 1.15. The second kappa shape index (κ2) is 8.00. The Labute approximate surface area is 125 Å². The second-order valence-electron chi connectivity index (χ2n) is 4.46. The standard InChI is InChI=1S/C16H22O3S/c1-5-11-16(3,15(17)19-6-2)20-12-13-7-9-14(18-4)10-8-13/h5,7-11H,6,12H2,1-4H3/b11-5+/t16-/m0/s1. The van der Waals surface area contributed by atoms with E-state index >= 15 is 0 Å². The highest BCUT2D eigenvalue weighted by molar-refractivity contribution is 8.00. The van der Waals surface area contributed by atoms with E-state index in [2.05, 4.69) is 0 Å². The Kier molecular flexibility index (Phi) is 6.65. The lowest BCUT2D eigenvalue weighted by molar-refractivity contribution is -0.144. The molecular formula is C16H22O3S. The van der Waals surface area contributed by atoms with Crippen molar-refractivity contribution < 1.29 is 14.3 Å². The highest BCUT2D eigenvalue weighted by Crippen LogP contribution is 2.31. The smallest absolute Gasteiger partial charge is 0.325 e. The molecule has 3 nitrogen and oxygen atoms in total. The van der Waals surface area contributed by atoms with Crippen molar-refractivity contribution >= 4 is 17.7 Å². The van der Waals surface area contributed by atoms with Crippen LogP contribution >= 0.6 is 11.8 Å². The van der Waals surface area contributed by atoms with Crippen LogP contribution in [-0.2, 0) is 15.3 Å². The number of esters is 1. The van der Waals surface area contributed by atoms with Crippen molar-refractivity contribution in [3.8, 4) is 5.75 Å². The van der Waals surface area contributed by atoms with E-state index in [1.165, 1.54) is 0 Å². The van der Waals surface area contributed by atoms with Crippen molar-refractivity contribution in [2.24, 2.45) is 0 Å². The minimum atomic E-state index is -0.648. The summed E-state index contributed by atoms with van der Waals surface area (Å²) in [6.07, 6.45) is 3.77. The van der Waals surface area contributed by atoms with E-state index < -0.39 is 4.75 Å². The van der Waals surface area contributed by atoms with Crippen LogP contribution in [0, 0.1) is 0 Å². The van der Waals surface area contributed by atoms with Crippen molar-refractivity contribution in [3.63, 3.8) is 0 Å². The Morgan fingerprint density at radius 2 is 2.00 bits per heavy atom. The van der Waals surface area contributed by atoms with Crippen molar-refractivity contribution in [2.75, 3.05) is 13.7 Å². The summed E-state index contributed by atoms with van der Waals surface area (Å²) in [5.74, 6) is 1.38. The fraction of sp³-hybridized carbons (Fsp3) is 0.438. The molecule has 0 bridgehead atoms. The van der Waals surface area contributed by atoms with E-state index in [4.69, 9.17) is 9.47 Å². The number of methoxy groups -OCH3 is 1. The topological polar surface area (TPSA) is 35.5 Å². The van der Waals surface area contributed by atoms with Gasteiger partial charge >= 0.3 is 5.97 Å². The van der Waals surface area contributed by atoms with Gasteiger partial charge in [-0.3, -0.25) is 4.79 Å². The molecule has 1 aromatic carbocycles. The van der Waals surface area contributed by atoms with E-state index in [-0.39, 0.29) is 5.97 Å². The molecule has 0 aromatic heterocycles. The van der Waals surface area contributed by atoms with Gasteiger partial charge in [-0.05, 0) is 38.5 Å². The van der Waals surface area contributed by atoms with Crippen LogP contribution in [0.5, 0.6) is 5.75 Å². The zero-order chi connectivity index (χ0) is 15.0. The van der Waals surface area contributed by atoms with Gasteiger partial charge in [0.05, 0.1) is 13.7 Å². The minimum Gasteiger partial charge on any atom is -0.497 e. The Balaban J connectivity index is 2.73. The van der Waals surface area contributed by atoms with Crippen molar-refractivity contribution in [1.29, 1.82) is 0 Å². The maximum absolute atomic E-state index is 12.1. The number of benzene rings is 1. The Morgan fingerprint density at radius 3 is 2.50 bits per heavy atom. The number of thioether (sulfide) groups is 1. The van der Waals surface area contributed by atoms with E-state index in [0.717, 1.165) is 17.1 Å². The normalized spacial score (nSPS) is 14.0. The summed E-state index contributed by atoms with van der Waals surface area (Å²) in [5, 5.41) is 0. The molecule has 1 rings (SSSR count). The average Bonchev–Trinajstić information content (AvgIpc) is 2.46. The SMILES string of the molecule is C/C=C/[C@](C)(SCc1ccc(OC)cc1)C(=O)OCC. The summed E-state index contributed by atoms with van der Waals surface area (Å²) in [6, 6.07) is 7.86. The van der Waals surface area contributed by atoms with Gasteiger partial charge < -0.3 is 9.47 Å². The molecular weight excluding hydrogens is 272 g/mol. The number of hydrogen-bond acceptors (Lipinski definition) is 4. The van der Waals surface area contributed by atoms with Crippen LogP contribution in [-0.4, -0.2) is 24.4 Å². The van der Waals surface area contributed by atoms with Crippen molar-refractivity contribution in [1.82, 2.24) is 0 Å². The number of allylic oxidation sites excluding steroid dienone is 1. The van der Waals surface area contributed by atoms with E-state index in [0.29, 0.717) is 6.61 Å². The lowest BCUT2D eigenvalue weighted by Crippen LogP contribution is -2.31. The molecule has 0 fully saturated rings. The van der Waals surface area contributed by atoms with Gasteiger partial charge in [-0.25, -0.2) is 0 Å². The Bertz CT molecular complexity index is 453. The van der Waals surface area contributed by atoms with Crippen LogP contribution in [0.4, 0.5) is 0 Å². The molecule has 20 heavy (non-hydrogen) atoms. The first kappa shape index (κ1) is 16.6. The summed E-state index contributed by atoms with van der Waals surface area (Å²) in [4.78, 5) is 12.1. The lowest BCUT2D eigenvalue weighted by Gasteiger charge is -2.23. The number of ether oxygens (including phenoxy) is 2. The third-order valence-electron chi connectivity index (χ3n) is 2.86. The molecule has 1 aromatic rings. The predicted molar refractivity (Wildman–Crippen MR) is 84.1 cm³/mol. The van der Waals surface area contributed by atoms with Gasteiger partial charge in [0.25, 0.3) is 0 Å². The molecule has 110 valence electrons. The number of carbonyl (C=O) groups excluding carboxylic acids is 1. The molecule has 0 saturated heterocycles. The van der Waals surface area contributed by atoms with Gasteiger partial charge in [0.2, 0.25) is 0 Å². The van der Waals surface area contributed by atoms with E-state index in [1.807, 2.05) is 57.2 Å². The highest BCUT2D eigenvalue weighted by Gasteiger charge is 2.32. The van der Waals surface area contributed by atoms with Crippen molar-refractivity contribution in [3.05, 3.63) is 42.0 Å². The van der Waals surface area contributed by atoms with Gasteiger partial charge in [-0.15, -0.1) is 11.8 Å². The van der Waals surface area contributed by atoms with Gasteiger partial charge in [-0.1, -0.05) is 24.3 Å². The molecule has 0 N–H and O–H groups in total. The minimum absolute atomic E-state index is 0.198. The monoisotopic (exact) mass is 294 g/mol. The molecule has 1 atom stereocenters. The van der Waals surface area contributed by atoms with Gasteiger partial charge in [0.1, 0.15) is 10.5 Å². The van der Waals surface area contributed by atoms with Crippen LogP contribution < -0.4 is 4.74 Å². The zero-order valence-corrected chi connectivity index (χ0v) is 13.3. The van der Waals surface area contributed by atoms with Gasteiger partial charge in [0.15, 0.2) is 0 Å². The molecule has 0 spiro atoms. The summed E-state index contributed by atoms with van der Waals surface area (Å²) in [7, 11) is 1.65. The first-order valence-electron chi connectivity index (χ1n) is 6.63. The first-order chi connectivity index (χ1) is 9.55. The summed E-state index contributed by atoms with van der Waals surface area (Å²) in [6.45, 7) is 6.02. The summed E-state index contributed by atoms with van der Waals surface area (Å²) >= 11 is 1.56. The molecule has 0 aliphatic carbocycles. The molecule has 0 aliphatic heterocycles. The molecule has 0 radical (unpaired) electrons. The zero-order valence-electron chi connectivity index (χ0n) is 12.5. The molecule has 0 unspecified atom stereocenters. The third-order valence-corrected chi connectivity index (χ3v) is 4.24. The van der Waals surface area contributed by atoms with Crippen LogP contribution in [0.1, 0.15) is 26.3 Å². The van der Waals surface area contributed by atoms with Crippen LogP contribution in [0.2, 0.25) is 0 Å². The molecule has 0 aliphatic rings. The third kappa shape index (κ3) is 4.60. The number of rotatable bonds is 7. The molecule has 0 amide bonds. The molecule has 4 heteroatoms. The quantitative estimate of drug-likeness (QED) is 0.565. The molecule has 0 saturated carbocycles. The number of carbonyl (C=O) groups is 1. The fourth-order valence-corrected chi connectivity index (χ4v) is 2.79. The van der Waals surface area contributed by atoms with Crippen LogP contribution in [0.3, 0.4) is 0 Å². The Hall–Kier alpha value is -1.42. The lowest BCUT2D eigenvalue weighted by atomic mass is 10.1. The largest absolute Gasteiger partial charge is 0.497 e. The van der Waals surface area contributed by atoms with E-state index in [1.54, 1.807) is 18.9 Å². The fourth-order valence-electron chi connectivity index (χ4n) is 1.72. The maximum Gasteiger partial charge on any atom is 0.325 e. The van der Waals surface area contributed by atoms with Gasteiger partial charge in [0, 0.05) is 5.75 Å². The second-order valence-corrected chi connectivity index (χ2v) is 5.89. The highest BCUT2D eigenvalue weighted by atomic mass is 32.2. The van der Waals surface area contributed by atoms with Crippen molar-refractivity contribution in [2.45, 2.75) is 31.3 Å². The van der Waals surface area contributed by atoms with Crippen LogP contribution in [0.15, 0.2) is 36.4 Å². The average molecular weight is 294 g/mol. The number of hydrogen-bond donors (Lipinski definition) is 0. The maximum atomic E-state index is 12.1. The van der Waals surface area contributed by atoms with E-state index in [9.17, 15) is 4.79 Å². The first-order valence-corrected chi connectivity index (χ1v) is 7.62. The van der Waals surface area contributed by atoms with Crippen LogP contribution in [0.25, 0.3) is 0 Å². The molecule has 0 heterocycles. The summed E-state index contributed by atoms with van der Waals surface area (Å²) < 4.78 is 9.64. The predicted octanol–water partition coefficient (Wildman–Crippen LogP) is 3.83.